The molecule has 0 bridgehead atoms. The summed E-state index contributed by atoms with van der Waals surface area (Å²) in [5.41, 5.74) is -1.61. The number of hydrogen-bond donors (Lipinski definition) is 2. The quantitative estimate of drug-likeness (QED) is 0.144. The fourth-order valence-corrected chi connectivity index (χ4v) is 7.02. The molecule has 2 aliphatic rings. The van der Waals surface area contributed by atoms with Gasteiger partial charge in [-0.15, -0.1) is 0 Å². The van der Waals surface area contributed by atoms with Crippen LogP contribution in [0.15, 0.2) is 0 Å². The van der Waals surface area contributed by atoms with Crippen LogP contribution in [0.3, 0.4) is 0 Å². The first-order chi connectivity index (χ1) is 20.5. The maximum atomic E-state index is 13.5. The first kappa shape index (κ1) is 37.3. The van der Waals surface area contributed by atoms with Crippen molar-refractivity contribution < 1.29 is 47.7 Å². The number of methoxy groups -OCH3 is 2. The van der Waals surface area contributed by atoms with Crippen LogP contribution in [0.1, 0.15) is 67.2 Å². The van der Waals surface area contributed by atoms with Crippen molar-refractivity contribution >= 4 is 57.5 Å². The fraction of sp³-hybridized carbons (Fsp3) is 0.786. The standard InChI is InChI=1S/C28H46N4O10S2/c1-27(2,3)41-25(37)29-17(21(33)31-13-9-11-19(31)23(35)39-7)15-43-44-16-18(30-26(38)42-28(4,5)6)22(34)32-14-10-12-20(32)24(36)40-8/h17-20H,9-16H2,1-8H3,(H,29,37)(H,30,38)/t17-,18-,19-,20-/m0/s1. The minimum atomic E-state index is -1.05. The lowest BCUT2D eigenvalue weighted by atomic mass is 10.2. The van der Waals surface area contributed by atoms with Gasteiger partial charge in [0, 0.05) is 24.6 Å². The van der Waals surface area contributed by atoms with Crippen LogP contribution >= 0.6 is 21.6 Å². The topological polar surface area (TPSA) is 170 Å². The van der Waals surface area contributed by atoms with E-state index in [0.717, 1.165) is 0 Å². The summed E-state index contributed by atoms with van der Waals surface area (Å²) in [4.78, 5) is 79.7. The smallest absolute Gasteiger partial charge is 0.408 e. The molecule has 0 aliphatic carbocycles. The second kappa shape index (κ2) is 16.4. The van der Waals surface area contributed by atoms with Crippen LogP contribution in [0.5, 0.6) is 0 Å². The van der Waals surface area contributed by atoms with E-state index in [-0.39, 0.29) is 11.5 Å². The average Bonchev–Trinajstić information content (AvgIpc) is 3.60. The molecule has 0 unspecified atom stereocenters. The third-order valence-electron chi connectivity index (χ3n) is 6.55. The third-order valence-corrected chi connectivity index (χ3v) is 8.97. The molecule has 2 fully saturated rings. The van der Waals surface area contributed by atoms with Crippen LogP contribution in [0, 0.1) is 0 Å². The molecule has 0 saturated carbocycles. The van der Waals surface area contributed by atoms with E-state index >= 15 is 0 Å². The minimum absolute atomic E-state index is 0.0645. The largest absolute Gasteiger partial charge is 0.467 e. The average molecular weight is 663 g/mol. The highest BCUT2D eigenvalue weighted by molar-refractivity contribution is 8.76. The van der Waals surface area contributed by atoms with E-state index in [4.69, 9.17) is 18.9 Å². The molecule has 2 aliphatic heterocycles. The molecule has 4 atom stereocenters. The molecule has 14 nitrogen and oxygen atoms in total. The third kappa shape index (κ3) is 11.6. The van der Waals surface area contributed by atoms with Crippen molar-refractivity contribution in [2.75, 3.05) is 38.8 Å². The van der Waals surface area contributed by atoms with Crippen LogP contribution in [-0.4, -0.2) is 120 Å². The number of ether oxygens (including phenoxy) is 4. The SMILES string of the molecule is COC(=O)[C@@H]1CCCN1C(=O)[C@H](CSSC[C@H](NC(=O)OC(C)(C)C)C(=O)N1CCC[C@H]1C(=O)OC)NC(=O)OC(C)(C)C. The van der Waals surface area contributed by atoms with E-state index in [9.17, 15) is 28.8 Å². The number of amides is 4. The first-order valence-corrected chi connectivity index (χ1v) is 17.0. The van der Waals surface area contributed by atoms with E-state index in [2.05, 4.69) is 10.6 Å². The van der Waals surface area contributed by atoms with Crippen molar-refractivity contribution in [3.8, 4) is 0 Å². The van der Waals surface area contributed by atoms with Crippen molar-refractivity contribution in [1.82, 2.24) is 20.4 Å². The van der Waals surface area contributed by atoms with Crippen LogP contribution in [-0.2, 0) is 38.1 Å². The van der Waals surface area contributed by atoms with Crippen molar-refractivity contribution in [2.45, 2.75) is 103 Å². The number of alkyl carbamates (subject to hydrolysis) is 2. The van der Waals surface area contributed by atoms with Gasteiger partial charge in [-0.1, -0.05) is 21.6 Å². The molecule has 44 heavy (non-hydrogen) atoms. The monoisotopic (exact) mass is 662 g/mol. The Morgan fingerprint density at radius 2 is 1.02 bits per heavy atom. The Morgan fingerprint density at radius 1 is 0.682 bits per heavy atom. The highest BCUT2D eigenvalue weighted by Gasteiger charge is 2.40. The molecule has 2 saturated heterocycles. The van der Waals surface area contributed by atoms with Gasteiger partial charge in [0.25, 0.3) is 0 Å². The molecule has 2 heterocycles. The number of nitrogens with one attached hydrogen (secondary N) is 2. The molecule has 2 N–H and O–H groups in total. The van der Waals surface area contributed by atoms with E-state index in [1.165, 1.54) is 45.6 Å². The zero-order valence-electron chi connectivity index (χ0n) is 26.8. The molecule has 16 heteroatoms. The van der Waals surface area contributed by atoms with Crippen LogP contribution in [0.2, 0.25) is 0 Å². The molecule has 0 aromatic carbocycles. The molecule has 2 rings (SSSR count). The summed E-state index contributed by atoms with van der Waals surface area (Å²) in [5.74, 6) is -1.86. The molecule has 250 valence electrons. The molecule has 0 spiro atoms. The highest BCUT2D eigenvalue weighted by Crippen LogP contribution is 2.28. The predicted molar refractivity (Wildman–Crippen MR) is 165 cm³/mol. The summed E-state index contributed by atoms with van der Waals surface area (Å²) in [6.07, 6.45) is 0.521. The summed E-state index contributed by atoms with van der Waals surface area (Å²) in [6, 6.07) is -3.61. The Hall–Kier alpha value is -2.88. The lowest BCUT2D eigenvalue weighted by Gasteiger charge is -2.29. The van der Waals surface area contributed by atoms with Crippen LogP contribution < -0.4 is 10.6 Å². The molecular weight excluding hydrogens is 616 g/mol. The van der Waals surface area contributed by atoms with Gasteiger partial charge in [0.1, 0.15) is 35.4 Å². The summed E-state index contributed by atoms with van der Waals surface area (Å²) < 4.78 is 20.4. The number of rotatable bonds is 11. The summed E-state index contributed by atoms with van der Waals surface area (Å²) in [6.45, 7) is 10.8. The van der Waals surface area contributed by atoms with E-state index < -0.39 is 71.3 Å². The van der Waals surface area contributed by atoms with Gasteiger partial charge in [-0.05, 0) is 67.2 Å². The Labute approximate surface area is 266 Å². The second-order valence-corrected chi connectivity index (χ2v) is 14.9. The molecule has 0 radical (unpaired) electrons. The zero-order valence-corrected chi connectivity index (χ0v) is 28.4. The van der Waals surface area contributed by atoms with Crippen molar-refractivity contribution in [1.29, 1.82) is 0 Å². The van der Waals surface area contributed by atoms with Gasteiger partial charge < -0.3 is 39.4 Å². The van der Waals surface area contributed by atoms with Crippen LogP contribution in [0.4, 0.5) is 9.59 Å². The predicted octanol–water partition coefficient (Wildman–Crippen LogP) is 2.48. The fourth-order valence-electron chi connectivity index (χ4n) is 4.70. The van der Waals surface area contributed by atoms with Crippen molar-refractivity contribution in [3.63, 3.8) is 0 Å². The van der Waals surface area contributed by atoms with Gasteiger partial charge in [0.15, 0.2) is 0 Å². The van der Waals surface area contributed by atoms with Gasteiger partial charge in [-0.3, -0.25) is 9.59 Å². The maximum absolute atomic E-state index is 13.5. The number of nitrogens with zero attached hydrogens (tertiary/aromatic N) is 2. The Bertz CT molecular complexity index is 980. The minimum Gasteiger partial charge on any atom is -0.467 e. The maximum Gasteiger partial charge on any atom is 0.408 e. The normalized spacial score (nSPS) is 19.9. The van der Waals surface area contributed by atoms with Crippen molar-refractivity contribution in [2.24, 2.45) is 0 Å². The highest BCUT2D eigenvalue weighted by atomic mass is 33.1. The lowest BCUT2D eigenvalue weighted by Crippen LogP contribution is -2.54. The van der Waals surface area contributed by atoms with E-state index in [1.807, 2.05) is 0 Å². The zero-order chi connectivity index (χ0) is 33.2. The number of hydrogen-bond acceptors (Lipinski definition) is 12. The van der Waals surface area contributed by atoms with Gasteiger partial charge in [-0.2, -0.15) is 0 Å². The Balaban J connectivity index is 2.16. The lowest BCUT2D eigenvalue weighted by molar-refractivity contribution is -0.151. The molecule has 0 aromatic rings. The van der Waals surface area contributed by atoms with E-state index in [0.29, 0.717) is 38.8 Å². The number of likely N-dealkylation sites (tertiary alicyclic amines) is 2. The molecule has 4 amide bonds. The van der Waals surface area contributed by atoms with Gasteiger partial charge in [-0.25, -0.2) is 19.2 Å². The number of esters is 2. The second-order valence-electron chi connectivity index (χ2n) is 12.4. The Kier molecular flexibility index (Phi) is 13.9. The Morgan fingerprint density at radius 3 is 1.32 bits per heavy atom. The molecule has 0 aromatic heterocycles. The molecular formula is C28H46N4O10S2. The van der Waals surface area contributed by atoms with Gasteiger partial charge in [0.2, 0.25) is 11.8 Å². The van der Waals surface area contributed by atoms with Gasteiger partial charge >= 0.3 is 24.1 Å². The summed E-state index contributed by atoms with van der Waals surface area (Å²) in [7, 11) is 4.89. The van der Waals surface area contributed by atoms with Crippen LogP contribution in [0.25, 0.3) is 0 Å². The summed E-state index contributed by atoms with van der Waals surface area (Å²) in [5, 5.41) is 5.22. The van der Waals surface area contributed by atoms with E-state index in [1.54, 1.807) is 41.5 Å². The summed E-state index contributed by atoms with van der Waals surface area (Å²) >= 11 is 0. The first-order valence-electron chi connectivity index (χ1n) is 14.5. The van der Waals surface area contributed by atoms with Gasteiger partial charge in [0.05, 0.1) is 14.2 Å². The number of carbonyl (C=O) groups excluding carboxylic acids is 6. The van der Waals surface area contributed by atoms with Crippen molar-refractivity contribution in [3.05, 3.63) is 0 Å². The number of carbonyl (C=O) groups is 6.